The lowest BCUT2D eigenvalue weighted by atomic mass is 9.90. The molecule has 19 heavy (non-hydrogen) atoms. The third-order valence-electron chi connectivity index (χ3n) is 4.80. The van der Waals surface area contributed by atoms with E-state index in [1.54, 1.807) is 0 Å². The van der Waals surface area contributed by atoms with Crippen LogP contribution in [-0.2, 0) is 4.79 Å². The molecule has 4 nitrogen and oxygen atoms in total. The Balaban J connectivity index is 1.89. The first-order valence-electron chi connectivity index (χ1n) is 7.80. The molecule has 0 aliphatic carbocycles. The molecular weight excluding hydrogens is 238 g/mol. The number of nitrogens with one attached hydrogen (secondary N) is 1. The van der Waals surface area contributed by atoms with Gasteiger partial charge in [-0.25, -0.2) is 0 Å². The molecule has 2 atom stereocenters. The van der Waals surface area contributed by atoms with Crippen LogP contribution in [-0.4, -0.2) is 61.0 Å². The number of rotatable bonds is 4. The van der Waals surface area contributed by atoms with Crippen LogP contribution in [0.1, 0.15) is 39.5 Å². The predicted molar refractivity (Wildman–Crippen MR) is 78.1 cm³/mol. The molecule has 2 aliphatic heterocycles. The highest BCUT2D eigenvalue weighted by Gasteiger charge is 2.33. The number of hydrogen-bond donors (Lipinski definition) is 1. The number of carbonyl (C=O) groups excluding carboxylic acids is 1. The Labute approximate surface area is 117 Å². The van der Waals surface area contributed by atoms with Crippen LogP contribution in [0.15, 0.2) is 0 Å². The van der Waals surface area contributed by atoms with E-state index < -0.39 is 0 Å². The average Bonchev–Trinajstić information content (AvgIpc) is 2.86. The van der Waals surface area contributed by atoms with Gasteiger partial charge in [-0.2, -0.15) is 0 Å². The van der Waals surface area contributed by atoms with Gasteiger partial charge in [0.1, 0.15) is 0 Å². The summed E-state index contributed by atoms with van der Waals surface area (Å²) >= 11 is 0. The van der Waals surface area contributed by atoms with Gasteiger partial charge in [-0.1, -0.05) is 0 Å². The third kappa shape index (κ3) is 3.69. The van der Waals surface area contributed by atoms with E-state index in [4.69, 9.17) is 0 Å². The minimum absolute atomic E-state index is 0.269. The second-order valence-corrected chi connectivity index (χ2v) is 6.38. The van der Waals surface area contributed by atoms with Gasteiger partial charge in [0.2, 0.25) is 5.91 Å². The molecule has 2 aliphatic rings. The van der Waals surface area contributed by atoms with E-state index in [0.717, 1.165) is 25.6 Å². The Morgan fingerprint density at radius 1 is 1.37 bits per heavy atom. The highest BCUT2D eigenvalue weighted by molar-refractivity contribution is 5.78. The summed E-state index contributed by atoms with van der Waals surface area (Å²) in [5.74, 6) is 1.01. The summed E-state index contributed by atoms with van der Waals surface area (Å²) < 4.78 is 0. The van der Waals surface area contributed by atoms with Crippen molar-refractivity contribution in [2.75, 3.05) is 33.2 Å². The molecule has 0 aromatic heterocycles. The van der Waals surface area contributed by atoms with Crippen LogP contribution in [0.2, 0.25) is 0 Å². The van der Waals surface area contributed by atoms with Crippen molar-refractivity contribution in [3.63, 3.8) is 0 Å². The second kappa shape index (κ2) is 6.71. The highest BCUT2D eigenvalue weighted by atomic mass is 16.2. The van der Waals surface area contributed by atoms with Crippen molar-refractivity contribution in [3.8, 4) is 0 Å². The molecule has 2 unspecified atom stereocenters. The summed E-state index contributed by atoms with van der Waals surface area (Å²) in [5, 5.41) is 3.50. The first-order chi connectivity index (χ1) is 9.09. The van der Waals surface area contributed by atoms with Gasteiger partial charge in [0.25, 0.3) is 0 Å². The Morgan fingerprint density at radius 2 is 2.16 bits per heavy atom. The molecule has 2 rings (SSSR count). The Kier molecular flexibility index (Phi) is 5.22. The topological polar surface area (TPSA) is 35.6 Å². The lowest BCUT2D eigenvalue weighted by Gasteiger charge is -2.35. The smallest absolute Gasteiger partial charge is 0.236 e. The lowest BCUT2D eigenvalue weighted by Crippen LogP contribution is -2.47. The molecule has 4 heteroatoms. The quantitative estimate of drug-likeness (QED) is 0.834. The minimum atomic E-state index is 0.269. The van der Waals surface area contributed by atoms with Gasteiger partial charge >= 0.3 is 0 Å². The largest absolute Gasteiger partial charge is 0.342 e. The number of hydrogen-bond acceptors (Lipinski definition) is 3. The van der Waals surface area contributed by atoms with Crippen molar-refractivity contribution < 1.29 is 4.79 Å². The molecule has 2 saturated heterocycles. The maximum Gasteiger partial charge on any atom is 0.236 e. The molecule has 1 N–H and O–H groups in total. The third-order valence-corrected chi connectivity index (χ3v) is 4.80. The monoisotopic (exact) mass is 267 g/mol. The van der Waals surface area contributed by atoms with Crippen LogP contribution in [0.3, 0.4) is 0 Å². The molecule has 2 fully saturated rings. The van der Waals surface area contributed by atoms with E-state index in [1.807, 2.05) is 11.9 Å². The number of likely N-dealkylation sites (N-methyl/N-ethyl adjacent to an activating group) is 1. The Morgan fingerprint density at radius 3 is 2.79 bits per heavy atom. The zero-order valence-corrected chi connectivity index (χ0v) is 12.7. The van der Waals surface area contributed by atoms with E-state index in [1.165, 1.54) is 25.7 Å². The molecule has 0 bridgehead atoms. The van der Waals surface area contributed by atoms with Crippen LogP contribution in [0, 0.1) is 5.92 Å². The number of amides is 1. The fourth-order valence-corrected chi connectivity index (χ4v) is 3.36. The number of carbonyl (C=O) groups is 1. The number of nitrogens with zero attached hydrogens (tertiary/aromatic N) is 2. The molecule has 2 heterocycles. The average molecular weight is 267 g/mol. The normalized spacial score (nSPS) is 28.8. The summed E-state index contributed by atoms with van der Waals surface area (Å²) in [7, 11) is 1.92. The van der Waals surface area contributed by atoms with Crippen molar-refractivity contribution in [1.82, 2.24) is 15.1 Å². The molecular formula is C15H29N3O. The summed E-state index contributed by atoms with van der Waals surface area (Å²) in [6.45, 7) is 8.15. The van der Waals surface area contributed by atoms with Gasteiger partial charge < -0.3 is 10.2 Å². The van der Waals surface area contributed by atoms with Crippen LogP contribution in [0.4, 0.5) is 0 Å². The summed E-state index contributed by atoms with van der Waals surface area (Å²) in [6, 6.07) is 0.919. The first kappa shape index (κ1) is 14.8. The van der Waals surface area contributed by atoms with Crippen LogP contribution in [0.5, 0.6) is 0 Å². The predicted octanol–water partition coefficient (Wildman–Crippen LogP) is 1.32. The van der Waals surface area contributed by atoms with Crippen molar-refractivity contribution in [1.29, 1.82) is 0 Å². The molecule has 1 amide bonds. The molecule has 0 spiro atoms. The summed E-state index contributed by atoms with van der Waals surface area (Å²) in [6.07, 6.45) is 5.13. The SMILES string of the molecule is CC(C)N(C)C(=O)CN1CCCC1C1CCCNC1. The van der Waals surface area contributed by atoms with E-state index in [0.29, 0.717) is 18.6 Å². The first-order valence-corrected chi connectivity index (χ1v) is 7.80. The van der Waals surface area contributed by atoms with Gasteiger partial charge in [0.05, 0.1) is 6.54 Å². The lowest BCUT2D eigenvalue weighted by molar-refractivity contribution is -0.133. The van der Waals surface area contributed by atoms with E-state index in [2.05, 4.69) is 24.1 Å². The number of piperidine rings is 1. The van der Waals surface area contributed by atoms with E-state index >= 15 is 0 Å². The standard InChI is InChI=1S/C15H29N3O/c1-12(2)17(3)15(19)11-18-9-5-7-14(18)13-6-4-8-16-10-13/h12-14,16H,4-11H2,1-3H3. The zero-order valence-electron chi connectivity index (χ0n) is 12.7. The van der Waals surface area contributed by atoms with Crippen LogP contribution in [0.25, 0.3) is 0 Å². The molecule has 0 aromatic carbocycles. The highest BCUT2D eigenvalue weighted by Crippen LogP contribution is 2.28. The zero-order chi connectivity index (χ0) is 13.8. The van der Waals surface area contributed by atoms with Gasteiger partial charge in [0.15, 0.2) is 0 Å². The summed E-state index contributed by atoms with van der Waals surface area (Å²) in [4.78, 5) is 16.5. The number of likely N-dealkylation sites (tertiary alicyclic amines) is 1. The second-order valence-electron chi connectivity index (χ2n) is 6.38. The van der Waals surface area contributed by atoms with Crippen molar-refractivity contribution in [2.24, 2.45) is 5.92 Å². The molecule has 110 valence electrons. The van der Waals surface area contributed by atoms with Crippen molar-refractivity contribution >= 4 is 5.91 Å². The molecule has 0 saturated carbocycles. The van der Waals surface area contributed by atoms with Crippen molar-refractivity contribution in [2.45, 2.75) is 51.6 Å². The van der Waals surface area contributed by atoms with Crippen molar-refractivity contribution in [3.05, 3.63) is 0 Å². The van der Waals surface area contributed by atoms with Gasteiger partial charge in [0, 0.05) is 19.1 Å². The Bertz CT molecular complexity index is 300. The molecule has 0 radical (unpaired) electrons. The molecule has 0 aromatic rings. The fourth-order valence-electron chi connectivity index (χ4n) is 3.36. The van der Waals surface area contributed by atoms with Crippen LogP contribution < -0.4 is 5.32 Å². The Hall–Kier alpha value is -0.610. The van der Waals surface area contributed by atoms with Gasteiger partial charge in [-0.05, 0) is 65.1 Å². The maximum atomic E-state index is 12.2. The van der Waals surface area contributed by atoms with Crippen LogP contribution >= 0.6 is 0 Å². The van der Waals surface area contributed by atoms with E-state index in [-0.39, 0.29) is 5.91 Å². The van der Waals surface area contributed by atoms with Gasteiger partial charge in [-0.3, -0.25) is 9.69 Å². The summed E-state index contributed by atoms with van der Waals surface area (Å²) in [5.41, 5.74) is 0. The maximum absolute atomic E-state index is 12.2. The minimum Gasteiger partial charge on any atom is -0.342 e. The van der Waals surface area contributed by atoms with E-state index in [9.17, 15) is 4.79 Å². The van der Waals surface area contributed by atoms with Gasteiger partial charge in [-0.15, -0.1) is 0 Å². The fraction of sp³-hybridized carbons (Fsp3) is 0.933.